The van der Waals surface area contributed by atoms with Gasteiger partial charge in [0.15, 0.2) is 0 Å². The van der Waals surface area contributed by atoms with Crippen molar-refractivity contribution in [2.75, 3.05) is 0 Å². The second kappa shape index (κ2) is 4.97. The predicted octanol–water partition coefficient (Wildman–Crippen LogP) is 3.85. The average Bonchev–Trinajstić information content (AvgIpc) is 2.25. The van der Waals surface area contributed by atoms with Crippen LogP contribution in [-0.4, -0.2) is 10.2 Å². The Hall–Kier alpha value is -0.880. The van der Waals surface area contributed by atoms with Crippen LogP contribution >= 0.6 is 34.4 Å². The van der Waals surface area contributed by atoms with Crippen molar-refractivity contribution >= 4 is 34.4 Å². The van der Waals surface area contributed by atoms with Gasteiger partial charge in [0.1, 0.15) is 11.5 Å². The number of phenols is 2. The zero-order chi connectivity index (χ0) is 11.5. The fraction of sp³-hybridized carbons (Fsp3) is 0. The predicted molar refractivity (Wildman–Crippen MR) is 73.1 cm³/mol. The quantitative estimate of drug-likeness (QED) is 0.813. The van der Waals surface area contributed by atoms with Gasteiger partial charge in [0.05, 0.1) is 4.90 Å². The van der Waals surface area contributed by atoms with E-state index in [0.717, 1.165) is 13.4 Å². The highest BCUT2D eigenvalue weighted by atomic mass is 127. The summed E-state index contributed by atoms with van der Waals surface area (Å²) < 4.78 is 1.00. The summed E-state index contributed by atoms with van der Waals surface area (Å²) in [7, 11) is 0. The molecule has 0 heterocycles. The number of hydrogen-bond donors (Lipinski definition) is 2. The maximum absolute atomic E-state index is 9.73. The van der Waals surface area contributed by atoms with Crippen LogP contribution in [0.3, 0.4) is 0 Å². The van der Waals surface area contributed by atoms with Crippen LogP contribution < -0.4 is 0 Å². The Morgan fingerprint density at radius 2 is 1.62 bits per heavy atom. The van der Waals surface area contributed by atoms with E-state index in [1.54, 1.807) is 18.2 Å². The van der Waals surface area contributed by atoms with Gasteiger partial charge in [-0.1, -0.05) is 11.8 Å². The smallest absolute Gasteiger partial charge is 0.130 e. The SMILES string of the molecule is Oc1ccc(Sc2ccc(I)cc2O)cc1. The molecule has 16 heavy (non-hydrogen) atoms. The van der Waals surface area contributed by atoms with Crippen molar-refractivity contribution in [3.63, 3.8) is 0 Å². The number of phenolic OH excluding ortho intramolecular Hbond substituents is 2. The van der Waals surface area contributed by atoms with E-state index in [2.05, 4.69) is 22.6 Å². The van der Waals surface area contributed by atoms with Crippen LogP contribution in [0.5, 0.6) is 11.5 Å². The molecule has 0 fully saturated rings. The molecule has 0 aromatic heterocycles. The summed E-state index contributed by atoms with van der Waals surface area (Å²) in [6, 6.07) is 12.5. The third-order valence-electron chi connectivity index (χ3n) is 1.99. The van der Waals surface area contributed by atoms with Crippen molar-refractivity contribution in [3.8, 4) is 11.5 Å². The van der Waals surface area contributed by atoms with Crippen molar-refractivity contribution in [1.29, 1.82) is 0 Å². The van der Waals surface area contributed by atoms with E-state index >= 15 is 0 Å². The van der Waals surface area contributed by atoms with Crippen LogP contribution in [0.15, 0.2) is 52.3 Å². The highest BCUT2D eigenvalue weighted by Crippen LogP contribution is 2.35. The number of halogens is 1. The first-order valence-electron chi connectivity index (χ1n) is 4.60. The molecule has 0 aliphatic carbocycles. The van der Waals surface area contributed by atoms with Crippen LogP contribution in [0.2, 0.25) is 0 Å². The van der Waals surface area contributed by atoms with E-state index in [9.17, 15) is 5.11 Å². The summed E-state index contributed by atoms with van der Waals surface area (Å²) in [5, 5.41) is 18.9. The van der Waals surface area contributed by atoms with Gasteiger partial charge >= 0.3 is 0 Å². The van der Waals surface area contributed by atoms with Crippen LogP contribution in [-0.2, 0) is 0 Å². The molecule has 2 aromatic rings. The Morgan fingerprint density at radius 1 is 0.938 bits per heavy atom. The number of rotatable bonds is 2. The summed E-state index contributed by atoms with van der Waals surface area (Å²) >= 11 is 3.62. The molecule has 0 aliphatic heterocycles. The lowest BCUT2D eigenvalue weighted by Crippen LogP contribution is -1.77. The van der Waals surface area contributed by atoms with Crippen LogP contribution in [0.25, 0.3) is 0 Å². The molecule has 0 saturated carbocycles. The van der Waals surface area contributed by atoms with E-state index in [0.29, 0.717) is 0 Å². The molecule has 82 valence electrons. The lowest BCUT2D eigenvalue weighted by molar-refractivity contribution is 0.462. The van der Waals surface area contributed by atoms with E-state index in [-0.39, 0.29) is 11.5 Å². The minimum Gasteiger partial charge on any atom is -0.508 e. The molecule has 0 aliphatic rings. The zero-order valence-electron chi connectivity index (χ0n) is 8.22. The summed E-state index contributed by atoms with van der Waals surface area (Å²) in [5.41, 5.74) is 0. The summed E-state index contributed by atoms with van der Waals surface area (Å²) in [5.74, 6) is 0.529. The van der Waals surface area contributed by atoms with Gasteiger partial charge in [0.25, 0.3) is 0 Å². The molecule has 0 bridgehead atoms. The van der Waals surface area contributed by atoms with E-state index < -0.39 is 0 Å². The van der Waals surface area contributed by atoms with E-state index in [4.69, 9.17) is 5.11 Å². The number of aromatic hydroxyl groups is 2. The molecule has 2 N–H and O–H groups in total. The summed E-state index contributed by atoms with van der Waals surface area (Å²) in [6.07, 6.45) is 0. The average molecular weight is 344 g/mol. The zero-order valence-corrected chi connectivity index (χ0v) is 11.2. The van der Waals surface area contributed by atoms with Gasteiger partial charge in [0, 0.05) is 8.47 Å². The second-order valence-corrected chi connectivity index (χ2v) is 5.57. The third kappa shape index (κ3) is 2.82. The molecule has 0 unspecified atom stereocenters. The second-order valence-electron chi connectivity index (χ2n) is 3.21. The molecule has 2 rings (SSSR count). The van der Waals surface area contributed by atoms with Gasteiger partial charge in [-0.2, -0.15) is 0 Å². The molecule has 0 saturated heterocycles. The Labute approximate surface area is 111 Å². The number of hydrogen-bond acceptors (Lipinski definition) is 3. The first kappa shape index (κ1) is 11.6. The van der Waals surface area contributed by atoms with E-state index in [1.807, 2.05) is 24.3 Å². The first-order valence-corrected chi connectivity index (χ1v) is 6.50. The van der Waals surface area contributed by atoms with Crippen molar-refractivity contribution in [2.45, 2.75) is 9.79 Å². The molecule has 0 radical (unpaired) electrons. The topological polar surface area (TPSA) is 40.5 Å². The molecule has 0 atom stereocenters. The Balaban J connectivity index is 2.23. The highest BCUT2D eigenvalue weighted by Gasteiger charge is 2.03. The van der Waals surface area contributed by atoms with Gasteiger partial charge in [-0.15, -0.1) is 0 Å². The lowest BCUT2D eigenvalue weighted by Gasteiger charge is -2.04. The van der Waals surface area contributed by atoms with E-state index in [1.165, 1.54) is 11.8 Å². The molecule has 4 heteroatoms. The fourth-order valence-electron chi connectivity index (χ4n) is 1.22. The molecule has 0 amide bonds. The van der Waals surface area contributed by atoms with Crippen molar-refractivity contribution in [3.05, 3.63) is 46.0 Å². The van der Waals surface area contributed by atoms with Crippen LogP contribution in [0.1, 0.15) is 0 Å². The van der Waals surface area contributed by atoms with Crippen molar-refractivity contribution in [1.82, 2.24) is 0 Å². The molecule has 2 nitrogen and oxygen atoms in total. The Bertz CT molecular complexity index is 497. The fourth-order valence-corrected chi connectivity index (χ4v) is 2.52. The molecular formula is C12H9IO2S. The van der Waals surface area contributed by atoms with Crippen molar-refractivity contribution < 1.29 is 10.2 Å². The van der Waals surface area contributed by atoms with Gasteiger partial charge in [-0.05, 0) is 65.1 Å². The Morgan fingerprint density at radius 3 is 2.25 bits per heavy atom. The molecule has 0 spiro atoms. The summed E-state index contributed by atoms with van der Waals surface area (Å²) in [6.45, 7) is 0. The Kier molecular flexibility index (Phi) is 3.60. The lowest BCUT2D eigenvalue weighted by atomic mass is 10.3. The van der Waals surface area contributed by atoms with Gasteiger partial charge in [-0.3, -0.25) is 0 Å². The first-order chi connectivity index (χ1) is 7.65. The minimum absolute atomic E-state index is 0.246. The number of benzene rings is 2. The van der Waals surface area contributed by atoms with Gasteiger partial charge in [0.2, 0.25) is 0 Å². The third-order valence-corrected chi connectivity index (χ3v) is 3.73. The summed E-state index contributed by atoms with van der Waals surface area (Å²) in [4.78, 5) is 1.79. The minimum atomic E-state index is 0.246. The van der Waals surface area contributed by atoms with Crippen molar-refractivity contribution in [2.24, 2.45) is 0 Å². The van der Waals surface area contributed by atoms with Gasteiger partial charge in [-0.25, -0.2) is 0 Å². The maximum atomic E-state index is 9.73. The van der Waals surface area contributed by atoms with Crippen LogP contribution in [0.4, 0.5) is 0 Å². The molecular weight excluding hydrogens is 335 g/mol. The monoisotopic (exact) mass is 344 g/mol. The standard InChI is InChI=1S/C12H9IO2S/c13-8-1-6-12(11(15)7-8)16-10-4-2-9(14)3-5-10/h1-7,14-15H. The maximum Gasteiger partial charge on any atom is 0.130 e. The highest BCUT2D eigenvalue weighted by molar-refractivity contribution is 14.1. The molecule has 2 aromatic carbocycles. The van der Waals surface area contributed by atoms with Gasteiger partial charge < -0.3 is 10.2 Å². The normalized spacial score (nSPS) is 10.3. The largest absolute Gasteiger partial charge is 0.508 e. The van der Waals surface area contributed by atoms with Crippen LogP contribution in [0, 0.1) is 3.57 Å².